The number of halogens is 1. The van der Waals surface area contributed by atoms with Gasteiger partial charge in [-0.15, -0.1) is 0 Å². The fraction of sp³-hybridized carbons (Fsp3) is 0.136. The van der Waals surface area contributed by atoms with Gasteiger partial charge in [0.2, 0.25) is 6.41 Å². The number of aryl methyl sites for hydroxylation is 2. The Balaban J connectivity index is 1.51. The Labute approximate surface area is 167 Å². The molecule has 0 radical (unpaired) electrons. The number of hydrazine groups is 1. The van der Waals surface area contributed by atoms with Crippen LogP contribution in [-0.2, 0) is 17.6 Å². The van der Waals surface area contributed by atoms with E-state index in [1.807, 2.05) is 24.3 Å². The van der Waals surface area contributed by atoms with Crippen LogP contribution in [0.15, 0.2) is 54.7 Å². The highest BCUT2D eigenvalue weighted by atomic mass is 19.1. The number of amides is 1. The van der Waals surface area contributed by atoms with Crippen molar-refractivity contribution in [2.24, 2.45) is 0 Å². The predicted molar refractivity (Wildman–Crippen MR) is 106 cm³/mol. The van der Waals surface area contributed by atoms with Crippen molar-refractivity contribution in [2.75, 3.05) is 10.4 Å². The van der Waals surface area contributed by atoms with Crippen molar-refractivity contribution in [1.29, 1.82) is 5.26 Å². The summed E-state index contributed by atoms with van der Waals surface area (Å²) in [5.41, 5.74) is 6.30. The second-order valence-corrected chi connectivity index (χ2v) is 6.63. The van der Waals surface area contributed by atoms with E-state index in [0.717, 1.165) is 19.3 Å². The van der Waals surface area contributed by atoms with Gasteiger partial charge in [0.05, 0.1) is 11.4 Å². The van der Waals surface area contributed by atoms with Gasteiger partial charge in [0, 0.05) is 18.3 Å². The summed E-state index contributed by atoms with van der Waals surface area (Å²) in [6.07, 6.45) is 5.20. The molecule has 1 heterocycles. The highest BCUT2D eigenvalue weighted by Crippen LogP contribution is 2.29. The van der Waals surface area contributed by atoms with Gasteiger partial charge in [-0.25, -0.2) is 14.4 Å². The molecule has 0 saturated carbocycles. The molecule has 4 rings (SSSR count). The summed E-state index contributed by atoms with van der Waals surface area (Å²) in [6, 6.07) is 15.0. The molecule has 0 bridgehead atoms. The van der Waals surface area contributed by atoms with Gasteiger partial charge in [-0.05, 0) is 60.7 Å². The molecule has 0 fully saturated rings. The summed E-state index contributed by atoms with van der Waals surface area (Å²) in [6.45, 7) is 0. The Bertz CT molecular complexity index is 1110. The minimum Gasteiger partial charge on any atom is -0.457 e. The van der Waals surface area contributed by atoms with E-state index in [9.17, 15) is 9.18 Å². The number of fused-ring (bicyclic) bond motifs is 1. The normalized spacial score (nSPS) is 12.0. The van der Waals surface area contributed by atoms with E-state index in [2.05, 4.69) is 10.4 Å². The number of anilines is 2. The van der Waals surface area contributed by atoms with Gasteiger partial charge in [-0.1, -0.05) is 6.07 Å². The van der Waals surface area contributed by atoms with Crippen LogP contribution in [0.5, 0.6) is 11.5 Å². The Morgan fingerprint density at radius 2 is 1.93 bits per heavy atom. The molecular weight excluding hydrogens is 371 g/mol. The lowest BCUT2D eigenvalue weighted by Gasteiger charge is -2.21. The van der Waals surface area contributed by atoms with Crippen molar-refractivity contribution in [1.82, 2.24) is 4.98 Å². The summed E-state index contributed by atoms with van der Waals surface area (Å²) in [5.74, 6) is 0.0627. The van der Waals surface area contributed by atoms with Crippen LogP contribution in [0, 0.1) is 17.1 Å². The topological polar surface area (TPSA) is 78.2 Å². The summed E-state index contributed by atoms with van der Waals surface area (Å²) in [4.78, 5) is 15.4. The molecule has 1 N–H and O–H groups in total. The number of hydrogen-bond donors (Lipinski definition) is 1. The van der Waals surface area contributed by atoms with Gasteiger partial charge in [-0.2, -0.15) is 5.26 Å². The first-order valence-electron chi connectivity index (χ1n) is 9.13. The zero-order chi connectivity index (χ0) is 20.2. The van der Waals surface area contributed by atoms with E-state index in [4.69, 9.17) is 10.00 Å². The van der Waals surface area contributed by atoms with E-state index in [1.165, 1.54) is 40.5 Å². The van der Waals surface area contributed by atoms with Crippen LogP contribution >= 0.6 is 0 Å². The number of pyridine rings is 1. The molecule has 1 aliphatic rings. The van der Waals surface area contributed by atoms with Crippen LogP contribution in [0.1, 0.15) is 23.2 Å². The largest absolute Gasteiger partial charge is 0.457 e. The molecule has 0 unspecified atom stereocenters. The van der Waals surface area contributed by atoms with Crippen LogP contribution in [0.4, 0.5) is 15.8 Å². The smallest absolute Gasteiger partial charge is 0.232 e. The molecule has 1 aromatic heterocycles. The van der Waals surface area contributed by atoms with Crippen molar-refractivity contribution < 1.29 is 13.9 Å². The highest BCUT2D eigenvalue weighted by molar-refractivity contribution is 5.79. The average Bonchev–Trinajstić information content (AvgIpc) is 3.21. The zero-order valence-corrected chi connectivity index (χ0v) is 15.4. The highest BCUT2D eigenvalue weighted by Gasteiger charge is 2.15. The summed E-state index contributed by atoms with van der Waals surface area (Å²) >= 11 is 0. The van der Waals surface area contributed by atoms with E-state index < -0.39 is 5.82 Å². The molecule has 0 saturated heterocycles. The number of aromatic nitrogens is 1. The van der Waals surface area contributed by atoms with Crippen LogP contribution in [-0.4, -0.2) is 11.4 Å². The SMILES string of the molecule is N#Cc1cc(Oc2ccc(NN(C=O)c3ccc4c(c3)CCC4)c(F)c2)ccn1. The van der Waals surface area contributed by atoms with E-state index in [-0.39, 0.29) is 17.1 Å². The predicted octanol–water partition coefficient (Wildman–Crippen LogP) is 4.36. The number of benzene rings is 2. The molecule has 0 spiro atoms. The number of ether oxygens (including phenoxy) is 1. The molecule has 144 valence electrons. The molecule has 6 nitrogen and oxygen atoms in total. The maximum Gasteiger partial charge on any atom is 0.232 e. The number of nitrogens with zero attached hydrogens (tertiary/aromatic N) is 3. The molecular formula is C22H17FN4O2. The maximum absolute atomic E-state index is 14.6. The van der Waals surface area contributed by atoms with Crippen molar-refractivity contribution in [3.05, 3.63) is 77.4 Å². The molecule has 1 aliphatic carbocycles. The van der Waals surface area contributed by atoms with Crippen LogP contribution < -0.4 is 15.2 Å². The van der Waals surface area contributed by atoms with Crippen LogP contribution in [0.3, 0.4) is 0 Å². The van der Waals surface area contributed by atoms with Gasteiger partial charge >= 0.3 is 0 Å². The Morgan fingerprint density at radius 1 is 1.10 bits per heavy atom. The Morgan fingerprint density at radius 3 is 2.72 bits per heavy atom. The van der Waals surface area contributed by atoms with E-state index in [1.54, 1.807) is 12.1 Å². The van der Waals surface area contributed by atoms with Gasteiger partial charge in [-0.3, -0.25) is 10.2 Å². The molecule has 2 aromatic carbocycles. The summed E-state index contributed by atoms with van der Waals surface area (Å²) in [7, 11) is 0. The van der Waals surface area contributed by atoms with E-state index >= 15 is 0 Å². The average molecular weight is 388 g/mol. The first-order chi connectivity index (χ1) is 14.2. The number of carbonyl (C=O) groups is 1. The lowest BCUT2D eigenvalue weighted by Crippen LogP contribution is -2.28. The van der Waals surface area contributed by atoms with Crippen molar-refractivity contribution in [2.45, 2.75) is 19.3 Å². The van der Waals surface area contributed by atoms with Gasteiger partial charge in [0.25, 0.3) is 0 Å². The number of nitriles is 1. The second kappa shape index (κ2) is 7.98. The number of carbonyl (C=O) groups excluding carboxylic acids is 1. The monoisotopic (exact) mass is 388 g/mol. The number of rotatable bonds is 6. The lowest BCUT2D eigenvalue weighted by molar-refractivity contribution is -0.107. The lowest BCUT2D eigenvalue weighted by atomic mass is 10.1. The van der Waals surface area contributed by atoms with Crippen LogP contribution in [0.25, 0.3) is 0 Å². The molecule has 1 amide bonds. The quantitative estimate of drug-likeness (QED) is 0.501. The molecule has 3 aromatic rings. The van der Waals surface area contributed by atoms with Gasteiger partial charge in [0.1, 0.15) is 23.3 Å². The first-order valence-corrected chi connectivity index (χ1v) is 9.13. The summed E-state index contributed by atoms with van der Waals surface area (Å²) < 4.78 is 20.2. The zero-order valence-electron chi connectivity index (χ0n) is 15.4. The third-order valence-corrected chi connectivity index (χ3v) is 4.73. The fourth-order valence-electron chi connectivity index (χ4n) is 3.31. The maximum atomic E-state index is 14.6. The number of nitrogens with one attached hydrogen (secondary N) is 1. The third kappa shape index (κ3) is 4.01. The van der Waals surface area contributed by atoms with Crippen molar-refractivity contribution in [3.8, 4) is 17.6 Å². The van der Waals surface area contributed by atoms with Gasteiger partial charge < -0.3 is 4.74 Å². The summed E-state index contributed by atoms with van der Waals surface area (Å²) in [5, 5.41) is 10.1. The Hall–Kier alpha value is -3.92. The second-order valence-electron chi connectivity index (χ2n) is 6.63. The standard InChI is InChI=1S/C22H17FN4O2/c23-21-12-19(29-20-8-9-25-17(11-20)13-24)6-7-22(21)26-27(14-28)18-5-4-15-2-1-3-16(15)10-18/h4-12,14,26H,1-3H2. The molecule has 0 atom stereocenters. The third-order valence-electron chi connectivity index (χ3n) is 4.73. The van der Waals surface area contributed by atoms with Crippen molar-refractivity contribution >= 4 is 17.8 Å². The van der Waals surface area contributed by atoms with E-state index in [0.29, 0.717) is 17.8 Å². The fourth-order valence-corrected chi connectivity index (χ4v) is 3.31. The number of hydrogen-bond acceptors (Lipinski definition) is 5. The van der Waals surface area contributed by atoms with Crippen LogP contribution in [0.2, 0.25) is 0 Å². The van der Waals surface area contributed by atoms with Gasteiger partial charge in [0.15, 0.2) is 5.82 Å². The van der Waals surface area contributed by atoms with Crippen molar-refractivity contribution in [3.63, 3.8) is 0 Å². The Kier molecular flexibility index (Phi) is 5.08. The minimum absolute atomic E-state index is 0.136. The molecule has 29 heavy (non-hydrogen) atoms. The molecule has 0 aliphatic heterocycles. The minimum atomic E-state index is -0.579. The first kappa shape index (κ1) is 18.4. The molecule has 7 heteroatoms.